The Morgan fingerprint density at radius 2 is 2.18 bits per heavy atom. The van der Waals surface area contributed by atoms with Crippen molar-refractivity contribution in [2.75, 3.05) is 11.8 Å². The van der Waals surface area contributed by atoms with Gasteiger partial charge >= 0.3 is 5.97 Å². The maximum atomic E-state index is 11.7. The number of aromatic nitrogens is 2. The van der Waals surface area contributed by atoms with E-state index in [0.29, 0.717) is 0 Å². The van der Waals surface area contributed by atoms with Gasteiger partial charge in [0.1, 0.15) is 17.3 Å². The van der Waals surface area contributed by atoms with Crippen LogP contribution in [0.4, 0.5) is 5.82 Å². The summed E-state index contributed by atoms with van der Waals surface area (Å²) >= 11 is 5.57. The van der Waals surface area contributed by atoms with Crippen LogP contribution in [0.2, 0.25) is 5.15 Å². The van der Waals surface area contributed by atoms with Crippen molar-refractivity contribution < 1.29 is 17.9 Å². The summed E-state index contributed by atoms with van der Waals surface area (Å²) in [5.74, 6) is -0.876. The highest BCUT2D eigenvalue weighted by atomic mass is 35.5. The van der Waals surface area contributed by atoms with Crippen molar-refractivity contribution in [3.05, 3.63) is 17.5 Å². The highest BCUT2D eigenvalue weighted by molar-refractivity contribution is 7.94. The SMILES string of the molecule is COC(=O)C(C)S(=O)(=O)Nc1cc(Cl)ncn1. The van der Waals surface area contributed by atoms with Gasteiger partial charge in [-0.3, -0.25) is 9.52 Å². The van der Waals surface area contributed by atoms with Gasteiger partial charge in [0.15, 0.2) is 5.25 Å². The Morgan fingerprint density at radius 3 is 2.71 bits per heavy atom. The predicted octanol–water partition coefficient (Wildman–Crippen LogP) is 0.433. The van der Waals surface area contributed by atoms with Crippen LogP contribution in [-0.2, 0) is 19.6 Å². The van der Waals surface area contributed by atoms with Crippen molar-refractivity contribution in [2.45, 2.75) is 12.2 Å². The first-order valence-electron chi connectivity index (χ1n) is 4.44. The van der Waals surface area contributed by atoms with Gasteiger partial charge < -0.3 is 4.74 Å². The number of sulfonamides is 1. The quantitative estimate of drug-likeness (QED) is 0.634. The average Bonchev–Trinajstić information content (AvgIpc) is 2.26. The van der Waals surface area contributed by atoms with Crippen molar-refractivity contribution in [2.24, 2.45) is 0 Å². The highest BCUT2D eigenvalue weighted by Gasteiger charge is 2.29. The summed E-state index contributed by atoms with van der Waals surface area (Å²) < 4.78 is 29.8. The topological polar surface area (TPSA) is 98.2 Å². The number of ether oxygens (including phenoxy) is 1. The lowest BCUT2D eigenvalue weighted by molar-refractivity contribution is -0.139. The third-order valence-corrected chi connectivity index (χ3v) is 3.70. The smallest absolute Gasteiger partial charge is 0.325 e. The molecule has 0 radical (unpaired) electrons. The molecule has 1 N–H and O–H groups in total. The Kier molecular flexibility index (Phi) is 4.24. The van der Waals surface area contributed by atoms with Crippen molar-refractivity contribution in [1.29, 1.82) is 0 Å². The molecule has 1 rings (SSSR count). The maximum absolute atomic E-state index is 11.7. The average molecular weight is 280 g/mol. The largest absolute Gasteiger partial charge is 0.468 e. The van der Waals surface area contributed by atoms with Crippen molar-refractivity contribution in [3.63, 3.8) is 0 Å². The van der Waals surface area contributed by atoms with Crippen LogP contribution in [0, 0.1) is 0 Å². The van der Waals surface area contributed by atoms with E-state index in [-0.39, 0.29) is 11.0 Å². The van der Waals surface area contributed by atoms with Crippen LogP contribution < -0.4 is 4.72 Å². The number of carbonyl (C=O) groups excluding carboxylic acids is 1. The molecule has 0 bridgehead atoms. The molecule has 1 atom stereocenters. The molecule has 0 aliphatic carbocycles. The zero-order valence-electron chi connectivity index (χ0n) is 9.05. The standard InChI is InChI=1S/C8H10ClN3O4S/c1-5(8(13)16-2)17(14,15)12-7-3-6(9)10-4-11-7/h3-5H,1-2H3,(H,10,11,12). The normalized spacial score (nSPS) is 12.9. The lowest BCUT2D eigenvalue weighted by atomic mass is 10.5. The summed E-state index contributed by atoms with van der Waals surface area (Å²) in [6, 6.07) is 1.23. The van der Waals surface area contributed by atoms with Gasteiger partial charge in [-0.2, -0.15) is 0 Å². The molecule has 0 aliphatic heterocycles. The Balaban J connectivity index is 2.90. The second-order valence-corrected chi connectivity index (χ2v) is 5.43. The fraction of sp³-hybridized carbons (Fsp3) is 0.375. The minimum Gasteiger partial charge on any atom is -0.468 e. The van der Waals surface area contributed by atoms with E-state index in [2.05, 4.69) is 19.4 Å². The number of esters is 1. The number of halogens is 1. The fourth-order valence-corrected chi connectivity index (χ4v) is 1.99. The Bertz CT molecular complexity index is 519. The summed E-state index contributed by atoms with van der Waals surface area (Å²) in [5.41, 5.74) is 0. The Labute approximate surface area is 103 Å². The first-order valence-corrected chi connectivity index (χ1v) is 6.36. The minimum atomic E-state index is -3.91. The van der Waals surface area contributed by atoms with E-state index in [9.17, 15) is 13.2 Å². The summed E-state index contributed by atoms with van der Waals surface area (Å²) in [6.45, 7) is 1.21. The zero-order chi connectivity index (χ0) is 13.1. The van der Waals surface area contributed by atoms with E-state index in [1.54, 1.807) is 0 Å². The van der Waals surface area contributed by atoms with Gasteiger partial charge in [-0.15, -0.1) is 0 Å². The number of nitrogens with one attached hydrogen (secondary N) is 1. The molecule has 0 saturated carbocycles. The molecule has 1 unspecified atom stereocenters. The van der Waals surface area contributed by atoms with Gasteiger partial charge in [0, 0.05) is 6.07 Å². The lowest BCUT2D eigenvalue weighted by Gasteiger charge is -2.11. The van der Waals surface area contributed by atoms with Crippen molar-refractivity contribution >= 4 is 33.4 Å². The molecule has 17 heavy (non-hydrogen) atoms. The Morgan fingerprint density at radius 1 is 1.53 bits per heavy atom. The molecule has 0 aromatic carbocycles. The fourth-order valence-electron chi connectivity index (χ4n) is 0.916. The van der Waals surface area contributed by atoms with E-state index in [4.69, 9.17) is 11.6 Å². The van der Waals surface area contributed by atoms with Crippen LogP contribution in [0.1, 0.15) is 6.92 Å². The monoisotopic (exact) mass is 279 g/mol. The van der Waals surface area contributed by atoms with Crippen LogP contribution in [0.15, 0.2) is 12.4 Å². The van der Waals surface area contributed by atoms with E-state index in [0.717, 1.165) is 13.4 Å². The van der Waals surface area contributed by atoms with E-state index in [1.165, 1.54) is 13.0 Å². The van der Waals surface area contributed by atoms with Crippen LogP contribution in [0.25, 0.3) is 0 Å². The summed E-state index contributed by atoms with van der Waals surface area (Å²) in [6.07, 6.45) is 1.10. The van der Waals surface area contributed by atoms with Crippen molar-refractivity contribution in [3.8, 4) is 0 Å². The molecule has 0 amide bonds. The second-order valence-electron chi connectivity index (χ2n) is 3.04. The summed E-state index contributed by atoms with van der Waals surface area (Å²) in [7, 11) is -2.81. The lowest BCUT2D eigenvalue weighted by Crippen LogP contribution is -2.33. The maximum Gasteiger partial charge on any atom is 0.325 e. The van der Waals surface area contributed by atoms with Gasteiger partial charge in [0.05, 0.1) is 7.11 Å². The molecule has 0 aliphatic rings. The zero-order valence-corrected chi connectivity index (χ0v) is 10.6. The number of anilines is 1. The molecule has 9 heteroatoms. The van der Waals surface area contributed by atoms with Crippen molar-refractivity contribution in [1.82, 2.24) is 9.97 Å². The van der Waals surface area contributed by atoms with Gasteiger partial charge in [-0.1, -0.05) is 11.6 Å². The van der Waals surface area contributed by atoms with Gasteiger partial charge in [0.25, 0.3) is 0 Å². The molecule has 1 heterocycles. The molecule has 0 spiro atoms. The molecule has 7 nitrogen and oxygen atoms in total. The van der Waals surface area contributed by atoms with Crippen LogP contribution in [0.3, 0.4) is 0 Å². The second kappa shape index (κ2) is 5.28. The van der Waals surface area contributed by atoms with Gasteiger partial charge in [-0.25, -0.2) is 18.4 Å². The molecule has 0 fully saturated rings. The van der Waals surface area contributed by atoms with Crippen LogP contribution in [-0.4, -0.2) is 36.7 Å². The van der Waals surface area contributed by atoms with E-state index < -0.39 is 21.2 Å². The number of hydrogen-bond donors (Lipinski definition) is 1. The predicted molar refractivity (Wildman–Crippen MR) is 61.1 cm³/mol. The number of rotatable bonds is 4. The third-order valence-electron chi connectivity index (χ3n) is 1.88. The molecule has 1 aromatic rings. The Hall–Kier alpha value is -1.41. The third kappa shape index (κ3) is 3.53. The van der Waals surface area contributed by atoms with Crippen LogP contribution >= 0.6 is 11.6 Å². The first-order chi connectivity index (χ1) is 7.86. The molecule has 94 valence electrons. The first kappa shape index (κ1) is 13.7. The minimum absolute atomic E-state index is 0.0132. The molecule has 1 aromatic heterocycles. The summed E-state index contributed by atoms with van der Waals surface area (Å²) in [4.78, 5) is 18.4. The summed E-state index contributed by atoms with van der Waals surface area (Å²) in [5, 5.41) is -1.26. The number of methoxy groups -OCH3 is 1. The van der Waals surface area contributed by atoms with E-state index >= 15 is 0 Å². The highest BCUT2D eigenvalue weighted by Crippen LogP contribution is 2.12. The van der Waals surface area contributed by atoms with Gasteiger partial charge in [-0.05, 0) is 6.92 Å². The van der Waals surface area contributed by atoms with E-state index in [1.807, 2.05) is 0 Å². The van der Waals surface area contributed by atoms with Gasteiger partial charge in [0.2, 0.25) is 10.0 Å². The number of nitrogens with zero attached hydrogens (tertiary/aromatic N) is 2. The van der Waals surface area contributed by atoms with Crippen LogP contribution in [0.5, 0.6) is 0 Å². The molecule has 0 saturated heterocycles. The molecular formula is C8H10ClN3O4S. The number of carbonyl (C=O) groups is 1. The number of hydrogen-bond acceptors (Lipinski definition) is 6. The molecular weight excluding hydrogens is 270 g/mol.